The molecular formula is C31H52O4Si2. The van der Waals surface area contributed by atoms with Crippen LogP contribution in [0.1, 0.15) is 65.5 Å². The summed E-state index contributed by atoms with van der Waals surface area (Å²) >= 11 is 0. The molecule has 2 aromatic rings. The van der Waals surface area contributed by atoms with Crippen molar-refractivity contribution in [3.8, 4) is 11.5 Å². The first-order valence-corrected chi connectivity index (χ1v) is 20.3. The summed E-state index contributed by atoms with van der Waals surface area (Å²) in [5, 5.41) is 0. The minimum atomic E-state index is -1.60. The average Bonchev–Trinajstić information content (AvgIpc) is 2.78. The Bertz CT molecular complexity index is 844. The van der Waals surface area contributed by atoms with Gasteiger partial charge in [0.1, 0.15) is 11.5 Å². The Hall–Kier alpha value is -1.61. The molecule has 0 aliphatic heterocycles. The van der Waals surface area contributed by atoms with Gasteiger partial charge in [0.15, 0.2) is 16.6 Å². The van der Waals surface area contributed by atoms with Gasteiger partial charge in [-0.25, -0.2) is 0 Å². The average molecular weight is 545 g/mol. The number of benzene rings is 2. The van der Waals surface area contributed by atoms with Crippen LogP contribution in [0.15, 0.2) is 48.5 Å². The summed E-state index contributed by atoms with van der Waals surface area (Å²) in [5.41, 5.74) is 2.43. The van der Waals surface area contributed by atoms with E-state index in [1.807, 2.05) is 0 Å². The highest BCUT2D eigenvalue weighted by molar-refractivity contribution is 6.71. The molecular weight excluding hydrogens is 493 g/mol. The van der Waals surface area contributed by atoms with Gasteiger partial charge in [0.05, 0.1) is 13.2 Å². The monoisotopic (exact) mass is 544 g/mol. The van der Waals surface area contributed by atoms with E-state index in [0.717, 1.165) is 49.6 Å². The minimum absolute atomic E-state index is 0.106. The fourth-order valence-electron chi connectivity index (χ4n) is 4.87. The quantitative estimate of drug-likeness (QED) is 0.156. The summed E-state index contributed by atoms with van der Waals surface area (Å²) in [6.07, 6.45) is 2.66. The highest BCUT2D eigenvalue weighted by Gasteiger charge is 2.25. The van der Waals surface area contributed by atoms with Crippen LogP contribution < -0.4 is 9.47 Å². The third-order valence-electron chi connectivity index (χ3n) is 6.65. The first-order chi connectivity index (χ1) is 17.2. The zero-order valence-corrected chi connectivity index (χ0v) is 27.1. The van der Waals surface area contributed by atoms with Crippen molar-refractivity contribution in [2.24, 2.45) is 0 Å². The van der Waals surface area contributed by atoms with Crippen LogP contribution in [0.3, 0.4) is 0 Å². The zero-order valence-electron chi connectivity index (χ0n) is 25.1. The maximum Gasteiger partial charge on any atom is 0.187 e. The van der Waals surface area contributed by atoms with Gasteiger partial charge < -0.3 is 18.3 Å². The second-order valence-electron chi connectivity index (χ2n) is 12.4. The molecule has 0 aromatic heterocycles. The summed E-state index contributed by atoms with van der Waals surface area (Å²) in [4.78, 5) is 0. The Kier molecular flexibility index (Phi) is 11.9. The molecule has 0 amide bonds. The summed E-state index contributed by atoms with van der Waals surface area (Å²) in [6, 6.07) is 19.3. The van der Waals surface area contributed by atoms with Gasteiger partial charge in [-0.3, -0.25) is 0 Å². The van der Waals surface area contributed by atoms with E-state index in [4.69, 9.17) is 18.3 Å². The zero-order chi connectivity index (χ0) is 27.7. The predicted molar refractivity (Wildman–Crippen MR) is 162 cm³/mol. The van der Waals surface area contributed by atoms with Crippen molar-refractivity contribution in [3.63, 3.8) is 0 Å². The molecule has 4 nitrogen and oxygen atoms in total. The second-order valence-corrected chi connectivity index (χ2v) is 20.9. The van der Waals surface area contributed by atoms with E-state index < -0.39 is 16.6 Å². The Morgan fingerprint density at radius 2 is 0.919 bits per heavy atom. The molecule has 2 aromatic carbocycles. The lowest BCUT2D eigenvalue weighted by atomic mass is 9.78. The van der Waals surface area contributed by atoms with E-state index in [1.165, 1.54) is 11.1 Å². The molecule has 0 aliphatic rings. The maximum atomic E-state index is 6.11. The minimum Gasteiger partial charge on any atom is -0.494 e. The van der Waals surface area contributed by atoms with Gasteiger partial charge in [0.25, 0.3) is 0 Å². The van der Waals surface area contributed by atoms with Crippen molar-refractivity contribution < 1.29 is 18.3 Å². The first-order valence-electron chi connectivity index (χ1n) is 14.0. The van der Waals surface area contributed by atoms with Crippen LogP contribution in [0.5, 0.6) is 11.5 Å². The number of ether oxygens (including phenoxy) is 2. The van der Waals surface area contributed by atoms with E-state index in [2.05, 4.69) is 116 Å². The van der Waals surface area contributed by atoms with E-state index in [-0.39, 0.29) is 5.41 Å². The van der Waals surface area contributed by atoms with Crippen LogP contribution in [-0.2, 0) is 14.3 Å². The molecule has 0 bridgehead atoms. The Labute approximate surface area is 229 Å². The van der Waals surface area contributed by atoms with Crippen LogP contribution in [0.25, 0.3) is 0 Å². The van der Waals surface area contributed by atoms with Crippen LogP contribution >= 0.6 is 0 Å². The van der Waals surface area contributed by atoms with Gasteiger partial charge in [-0.05, 0) is 114 Å². The number of hydrogen-bond donors (Lipinski definition) is 0. The van der Waals surface area contributed by atoms with Gasteiger partial charge in [0.2, 0.25) is 0 Å². The van der Waals surface area contributed by atoms with Crippen molar-refractivity contribution in [1.29, 1.82) is 0 Å². The van der Waals surface area contributed by atoms with E-state index >= 15 is 0 Å². The highest BCUT2D eigenvalue weighted by Crippen LogP contribution is 2.33. The van der Waals surface area contributed by atoms with Gasteiger partial charge in [-0.15, -0.1) is 0 Å². The molecule has 0 heterocycles. The fourth-order valence-corrected chi connectivity index (χ4v) is 9.65. The molecule has 0 radical (unpaired) electrons. The Balaban J connectivity index is 1.84. The van der Waals surface area contributed by atoms with Crippen LogP contribution in [0, 0.1) is 0 Å². The lowest BCUT2D eigenvalue weighted by Gasteiger charge is -2.27. The smallest absolute Gasteiger partial charge is 0.187 e. The van der Waals surface area contributed by atoms with Gasteiger partial charge in [-0.2, -0.15) is 0 Å². The van der Waals surface area contributed by atoms with Crippen LogP contribution in [0.4, 0.5) is 0 Å². The molecule has 37 heavy (non-hydrogen) atoms. The third kappa shape index (κ3) is 11.3. The topological polar surface area (TPSA) is 36.9 Å². The van der Waals surface area contributed by atoms with Gasteiger partial charge in [0, 0.05) is 17.6 Å². The summed E-state index contributed by atoms with van der Waals surface area (Å²) in [7, 11) is -3.19. The second kappa shape index (κ2) is 14.0. The molecule has 0 atom stereocenters. The molecule has 6 heteroatoms. The summed E-state index contributed by atoms with van der Waals surface area (Å²) in [6.45, 7) is 23.6. The van der Waals surface area contributed by atoms with Crippen molar-refractivity contribution in [3.05, 3.63) is 59.7 Å². The van der Waals surface area contributed by atoms with E-state index in [9.17, 15) is 0 Å². The normalized spacial score (nSPS) is 12.9. The lowest BCUT2D eigenvalue weighted by molar-refractivity contribution is 0.227. The van der Waals surface area contributed by atoms with Crippen molar-refractivity contribution >= 4 is 16.6 Å². The molecule has 0 aliphatic carbocycles. The molecule has 2 rings (SSSR count). The van der Waals surface area contributed by atoms with Gasteiger partial charge in [-0.1, -0.05) is 38.1 Å². The van der Waals surface area contributed by atoms with E-state index in [0.29, 0.717) is 12.2 Å². The fraction of sp³-hybridized carbons (Fsp3) is 0.613. The third-order valence-corrected chi connectivity index (χ3v) is 12.0. The molecule has 0 saturated heterocycles. The first kappa shape index (κ1) is 31.6. The SMILES string of the molecule is CC(C)O[Si](C)(C)CCCOc1ccc(C(C)(C)c2ccc(OCCC[Si](C)(C)OC(C)C)cc2)cc1. The number of rotatable bonds is 16. The van der Waals surface area contributed by atoms with Crippen molar-refractivity contribution in [2.75, 3.05) is 13.2 Å². The highest BCUT2D eigenvalue weighted by atomic mass is 28.4. The molecule has 0 spiro atoms. The molecule has 0 N–H and O–H groups in total. The Morgan fingerprint density at radius 3 is 1.22 bits per heavy atom. The van der Waals surface area contributed by atoms with E-state index in [1.54, 1.807) is 0 Å². The molecule has 208 valence electrons. The van der Waals surface area contributed by atoms with Gasteiger partial charge >= 0.3 is 0 Å². The summed E-state index contributed by atoms with van der Waals surface area (Å²) in [5.74, 6) is 1.86. The van der Waals surface area contributed by atoms with Crippen LogP contribution in [-0.4, -0.2) is 42.1 Å². The predicted octanol–water partition coefficient (Wildman–Crippen LogP) is 8.81. The molecule has 0 fully saturated rings. The molecule has 0 saturated carbocycles. The van der Waals surface area contributed by atoms with Crippen molar-refractivity contribution in [2.45, 2.75) is 110 Å². The maximum absolute atomic E-state index is 6.11. The van der Waals surface area contributed by atoms with Crippen LogP contribution in [0.2, 0.25) is 38.3 Å². The standard InChI is InChI=1S/C31H52O4Si2/c1-25(2)34-36(7,8)23-11-21-32-29-17-13-27(14-18-29)31(5,6)28-15-19-30(20-16-28)33-22-12-24-37(9,10)35-26(3)4/h13-20,25-26H,11-12,21-24H2,1-10H3. The largest absolute Gasteiger partial charge is 0.494 e. The Morgan fingerprint density at radius 1 is 0.595 bits per heavy atom. The van der Waals surface area contributed by atoms with Crippen molar-refractivity contribution in [1.82, 2.24) is 0 Å². The lowest BCUT2D eigenvalue weighted by Crippen LogP contribution is -2.33. The summed E-state index contributed by atoms with van der Waals surface area (Å²) < 4.78 is 24.3. The number of hydrogen-bond acceptors (Lipinski definition) is 4. The molecule has 0 unspecified atom stereocenters.